The normalized spacial score (nSPS) is 23.1. The lowest BCUT2D eigenvalue weighted by atomic mass is 10.2. The van der Waals surface area contributed by atoms with E-state index in [1.807, 2.05) is 17.9 Å². The van der Waals surface area contributed by atoms with Crippen LogP contribution in [0.4, 0.5) is 0 Å². The van der Waals surface area contributed by atoms with Crippen LogP contribution < -0.4 is 0 Å². The summed E-state index contributed by atoms with van der Waals surface area (Å²) in [7, 11) is 1.95. The molecule has 1 saturated heterocycles. The standard InChI is InChI=1S/C10H16ClN3/c1-13-6-10(5-12-13)8-14-3-2-9(4-11)7-14/h5-6,9H,2-4,7-8H2,1H3. The molecular weight excluding hydrogens is 198 g/mol. The third-order valence-electron chi connectivity index (χ3n) is 2.75. The molecule has 0 bridgehead atoms. The molecule has 2 heterocycles. The van der Waals surface area contributed by atoms with Crippen molar-refractivity contribution < 1.29 is 0 Å². The van der Waals surface area contributed by atoms with E-state index in [2.05, 4.69) is 16.2 Å². The third-order valence-corrected chi connectivity index (χ3v) is 3.19. The number of rotatable bonds is 3. The zero-order valence-electron chi connectivity index (χ0n) is 8.49. The second kappa shape index (κ2) is 4.32. The Bertz CT molecular complexity index is 297. The van der Waals surface area contributed by atoms with E-state index in [1.165, 1.54) is 18.5 Å². The number of alkyl halides is 1. The molecule has 14 heavy (non-hydrogen) atoms. The van der Waals surface area contributed by atoms with Gasteiger partial charge in [-0.1, -0.05) is 0 Å². The Morgan fingerprint density at radius 2 is 2.50 bits per heavy atom. The summed E-state index contributed by atoms with van der Waals surface area (Å²) in [5, 5.41) is 4.16. The molecule has 4 heteroatoms. The molecule has 0 spiro atoms. The van der Waals surface area contributed by atoms with Gasteiger partial charge in [0.2, 0.25) is 0 Å². The average Bonchev–Trinajstić information content (AvgIpc) is 2.76. The second-order valence-electron chi connectivity index (χ2n) is 4.07. The minimum absolute atomic E-state index is 0.688. The largest absolute Gasteiger partial charge is 0.299 e. The van der Waals surface area contributed by atoms with Gasteiger partial charge in [0.05, 0.1) is 6.20 Å². The number of aromatic nitrogens is 2. The van der Waals surface area contributed by atoms with Crippen LogP contribution in [0.5, 0.6) is 0 Å². The van der Waals surface area contributed by atoms with Crippen molar-refractivity contribution in [2.24, 2.45) is 13.0 Å². The van der Waals surface area contributed by atoms with Crippen molar-refractivity contribution in [3.63, 3.8) is 0 Å². The Morgan fingerprint density at radius 3 is 3.07 bits per heavy atom. The molecule has 1 fully saturated rings. The first kappa shape index (κ1) is 9.99. The Hall–Kier alpha value is -0.540. The molecule has 78 valence electrons. The number of aryl methyl sites for hydroxylation is 1. The second-order valence-corrected chi connectivity index (χ2v) is 4.37. The van der Waals surface area contributed by atoms with E-state index >= 15 is 0 Å². The van der Waals surface area contributed by atoms with Crippen molar-refractivity contribution >= 4 is 11.6 Å². The first-order chi connectivity index (χ1) is 6.78. The van der Waals surface area contributed by atoms with E-state index in [-0.39, 0.29) is 0 Å². The zero-order valence-corrected chi connectivity index (χ0v) is 9.24. The third kappa shape index (κ3) is 2.28. The summed E-state index contributed by atoms with van der Waals surface area (Å²) < 4.78 is 1.85. The zero-order chi connectivity index (χ0) is 9.97. The maximum Gasteiger partial charge on any atom is 0.0534 e. The lowest BCUT2D eigenvalue weighted by Crippen LogP contribution is -2.20. The Morgan fingerprint density at radius 1 is 1.64 bits per heavy atom. The topological polar surface area (TPSA) is 21.1 Å². The first-order valence-corrected chi connectivity index (χ1v) is 5.57. The smallest absolute Gasteiger partial charge is 0.0534 e. The predicted octanol–water partition coefficient (Wildman–Crippen LogP) is 1.48. The summed E-state index contributed by atoms with van der Waals surface area (Å²) in [5.74, 6) is 1.48. The number of likely N-dealkylation sites (tertiary alicyclic amines) is 1. The van der Waals surface area contributed by atoms with Gasteiger partial charge in [-0.2, -0.15) is 5.10 Å². The van der Waals surface area contributed by atoms with Gasteiger partial charge in [-0.05, 0) is 18.9 Å². The molecule has 3 nitrogen and oxygen atoms in total. The molecule has 1 aromatic heterocycles. The molecule has 1 unspecified atom stereocenters. The van der Waals surface area contributed by atoms with E-state index in [4.69, 9.17) is 11.6 Å². The minimum atomic E-state index is 0.688. The highest BCUT2D eigenvalue weighted by atomic mass is 35.5. The van der Waals surface area contributed by atoms with E-state index in [0.717, 1.165) is 19.0 Å². The van der Waals surface area contributed by atoms with Crippen molar-refractivity contribution in [3.05, 3.63) is 18.0 Å². The fraction of sp³-hybridized carbons (Fsp3) is 0.700. The summed E-state index contributed by atoms with van der Waals surface area (Å²) in [6, 6.07) is 0. The van der Waals surface area contributed by atoms with Crippen LogP contribution in [0.15, 0.2) is 12.4 Å². The van der Waals surface area contributed by atoms with E-state index in [0.29, 0.717) is 5.92 Å². The fourth-order valence-electron chi connectivity index (χ4n) is 1.99. The van der Waals surface area contributed by atoms with Gasteiger partial charge in [0.15, 0.2) is 0 Å². The van der Waals surface area contributed by atoms with Crippen LogP contribution in [0, 0.1) is 5.92 Å². The number of hydrogen-bond acceptors (Lipinski definition) is 2. The van der Waals surface area contributed by atoms with Crippen LogP contribution in [-0.2, 0) is 13.6 Å². The van der Waals surface area contributed by atoms with Crippen LogP contribution in [0.25, 0.3) is 0 Å². The molecule has 0 aliphatic carbocycles. The van der Waals surface area contributed by atoms with Gasteiger partial charge in [-0.25, -0.2) is 0 Å². The van der Waals surface area contributed by atoms with E-state index < -0.39 is 0 Å². The molecule has 1 atom stereocenters. The van der Waals surface area contributed by atoms with Crippen molar-refractivity contribution in [1.82, 2.24) is 14.7 Å². The Labute approximate surface area is 89.7 Å². The van der Waals surface area contributed by atoms with Crippen LogP contribution in [0.2, 0.25) is 0 Å². The highest BCUT2D eigenvalue weighted by molar-refractivity contribution is 6.18. The Balaban J connectivity index is 1.87. The number of nitrogens with zero attached hydrogens (tertiary/aromatic N) is 3. The van der Waals surface area contributed by atoms with Gasteiger partial charge in [-0.3, -0.25) is 9.58 Å². The van der Waals surface area contributed by atoms with Crippen molar-refractivity contribution in [2.45, 2.75) is 13.0 Å². The highest BCUT2D eigenvalue weighted by Crippen LogP contribution is 2.19. The lowest BCUT2D eigenvalue weighted by molar-refractivity contribution is 0.321. The van der Waals surface area contributed by atoms with Gasteiger partial charge in [-0.15, -0.1) is 11.6 Å². The maximum atomic E-state index is 5.84. The highest BCUT2D eigenvalue weighted by Gasteiger charge is 2.21. The molecule has 0 radical (unpaired) electrons. The molecule has 0 aromatic carbocycles. The average molecular weight is 214 g/mol. The Kier molecular flexibility index (Phi) is 3.08. The summed E-state index contributed by atoms with van der Waals surface area (Å²) in [4.78, 5) is 2.45. The summed E-state index contributed by atoms with van der Waals surface area (Å²) in [5.41, 5.74) is 1.29. The molecule has 0 N–H and O–H groups in total. The monoisotopic (exact) mass is 213 g/mol. The number of hydrogen-bond donors (Lipinski definition) is 0. The maximum absolute atomic E-state index is 5.84. The quantitative estimate of drug-likeness (QED) is 0.710. The molecule has 1 aliphatic heterocycles. The van der Waals surface area contributed by atoms with Gasteiger partial charge in [0.1, 0.15) is 0 Å². The lowest BCUT2D eigenvalue weighted by Gasteiger charge is -2.13. The van der Waals surface area contributed by atoms with Gasteiger partial charge >= 0.3 is 0 Å². The fourth-order valence-corrected chi connectivity index (χ4v) is 2.25. The first-order valence-electron chi connectivity index (χ1n) is 5.04. The predicted molar refractivity (Wildman–Crippen MR) is 57.3 cm³/mol. The van der Waals surface area contributed by atoms with Gasteiger partial charge in [0.25, 0.3) is 0 Å². The SMILES string of the molecule is Cn1cc(CN2CCC(CCl)C2)cn1. The molecule has 0 amide bonds. The molecule has 2 rings (SSSR count). The molecule has 1 aliphatic rings. The summed E-state index contributed by atoms with van der Waals surface area (Å²) in [6.07, 6.45) is 5.26. The van der Waals surface area contributed by atoms with Gasteiger partial charge < -0.3 is 0 Å². The van der Waals surface area contributed by atoms with E-state index in [1.54, 1.807) is 0 Å². The molecule has 1 aromatic rings. The van der Waals surface area contributed by atoms with Crippen LogP contribution in [0.3, 0.4) is 0 Å². The summed E-state index contributed by atoms with van der Waals surface area (Å²) >= 11 is 5.84. The van der Waals surface area contributed by atoms with Crippen molar-refractivity contribution in [2.75, 3.05) is 19.0 Å². The molecule has 0 saturated carbocycles. The van der Waals surface area contributed by atoms with Gasteiger partial charge in [0, 0.05) is 37.8 Å². The van der Waals surface area contributed by atoms with Crippen molar-refractivity contribution in [3.8, 4) is 0 Å². The molecular formula is C10H16ClN3. The van der Waals surface area contributed by atoms with Crippen LogP contribution >= 0.6 is 11.6 Å². The van der Waals surface area contributed by atoms with Crippen LogP contribution in [0.1, 0.15) is 12.0 Å². The summed E-state index contributed by atoms with van der Waals surface area (Å²) in [6.45, 7) is 3.33. The van der Waals surface area contributed by atoms with Crippen molar-refractivity contribution in [1.29, 1.82) is 0 Å². The van der Waals surface area contributed by atoms with E-state index in [9.17, 15) is 0 Å². The minimum Gasteiger partial charge on any atom is -0.299 e. The van der Waals surface area contributed by atoms with Crippen LogP contribution in [-0.4, -0.2) is 33.6 Å². The number of halogens is 1.